The number of hydrogen-bond donors (Lipinski definition) is 1. The van der Waals surface area contributed by atoms with Gasteiger partial charge in [0.15, 0.2) is 6.23 Å². The van der Waals surface area contributed by atoms with E-state index in [1.165, 1.54) is 9.96 Å². The molecule has 2 aliphatic heterocycles. The van der Waals surface area contributed by atoms with E-state index in [4.69, 9.17) is 4.84 Å². The van der Waals surface area contributed by atoms with Gasteiger partial charge in [0, 0.05) is 18.5 Å². The van der Waals surface area contributed by atoms with Gasteiger partial charge in [-0.05, 0) is 45.7 Å². The highest BCUT2D eigenvalue weighted by molar-refractivity contribution is 14.1. The van der Waals surface area contributed by atoms with E-state index >= 15 is 0 Å². The molecule has 8 heteroatoms. The number of hydroxylamine groups is 2. The van der Waals surface area contributed by atoms with E-state index in [2.05, 4.69) is 5.32 Å². The van der Waals surface area contributed by atoms with Crippen LogP contribution in [-0.2, 0) is 9.63 Å². The van der Waals surface area contributed by atoms with Gasteiger partial charge in [0.25, 0.3) is 5.91 Å². The first kappa shape index (κ1) is 20.1. The highest BCUT2D eigenvalue weighted by Gasteiger charge is 2.48. The largest absolute Gasteiger partial charge is 0.326 e. The van der Waals surface area contributed by atoms with Crippen molar-refractivity contribution in [2.75, 3.05) is 6.54 Å². The number of rotatable bonds is 2. The molecule has 2 fully saturated rings. The molecule has 0 aromatic heterocycles. The summed E-state index contributed by atoms with van der Waals surface area (Å²) in [6.45, 7) is 9.92. The van der Waals surface area contributed by atoms with Gasteiger partial charge in [-0.3, -0.25) is 19.8 Å². The number of benzene rings is 1. The van der Waals surface area contributed by atoms with Crippen molar-refractivity contribution in [2.45, 2.75) is 56.7 Å². The normalized spacial score (nSPS) is 25.0. The van der Waals surface area contributed by atoms with Gasteiger partial charge in [0.1, 0.15) is 3.92 Å². The number of urea groups is 1. The molecule has 2 atom stereocenters. The van der Waals surface area contributed by atoms with Crippen molar-refractivity contribution < 1.29 is 19.2 Å². The summed E-state index contributed by atoms with van der Waals surface area (Å²) in [5.74, 6) is -0.509. The van der Waals surface area contributed by atoms with Crippen molar-refractivity contribution in [3.8, 4) is 0 Å². The predicted octanol–water partition coefficient (Wildman–Crippen LogP) is 2.85. The molecule has 0 aliphatic carbocycles. The molecule has 2 heterocycles. The lowest BCUT2D eigenvalue weighted by molar-refractivity contribution is -0.173. The Bertz CT molecular complexity index is 800. The third-order valence-corrected chi connectivity index (χ3v) is 5.97. The van der Waals surface area contributed by atoms with Crippen molar-refractivity contribution in [3.63, 3.8) is 0 Å². The third kappa shape index (κ3) is 3.69. The van der Waals surface area contributed by atoms with Gasteiger partial charge >= 0.3 is 6.03 Å². The fourth-order valence-corrected chi connectivity index (χ4v) is 4.34. The Morgan fingerprint density at radius 1 is 1.22 bits per heavy atom. The Morgan fingerprint density at radius 3 is 2.41 bits per heavy atom. The maximum Gasteiger partial charge on any atom is 0.326 e. The average Bonchev–Trinajstić information content (AvgIpc) is 2.85. The van der Waals surface area contributed by atoms with Gasteiger partial charge in [-0.15, -0.1) is 0 Å². The Morgan fingerprint density at radius 2 is 1.81 bits per heavy atom. The van der Waals surface area contributed by atoms with E-state index in [0.29, 0.717) is 12.0 Å². The molecule has 2 saturated heterocycles. The number of nitrogens with one attached hydrogen (secondary N) is 1. The first-order valence-corrected chi connectivity index (χ1v) is 10.1. The zero-order valence-electron chi connectivity index (χ0n) is 16.1. The van der Waals surface area contributed by atoms with Gasteiger partial charge in [-0.1, -0.05) is 40.3 Å². The molecule has 4 amide bonds. The number of carbonyl (C=O) groups is 3. The van der Waals surface area contributed by atoms with Gasteiger partial charge < -0.3 is 0 Å². The van der Waals surface area contributed by atoms with Crippen LogP contribution in [0.15, 0.2) is 12.1 Å². The summed E-state index contributed by atoms with van der Waals surface area (Å²) in [5, 5.41) is 3.72. The van der Waals surface area contributed by atoms with Crippen LogP contribution in [0, 0.1) is 20.8 Å². The lowest BCUT2D eigenvalue weighted by atomic mass is 9.96. The van der Waals surface area contributed by atoms with Gasteiger partial charge in [-0.25, -0.2) is 14.7 Å². The van der Waals surface area contributed by atoms with E-state index in [9.17, 15) is 14.4 Å². The first-order chi connectivity index (χ1) is 12.5. The number of nitrogens with zero attached hydrogens (tertiary/aromatic N) is 2. The van der Waals surface area contributed by atoms with Crippen LogP contribution in [0.3, 0.4) is 0 Å². The lowest BCUT2D eigenvalue weighted by Crippen LogP contribution is -2.58. The Hall–Kier alpha value is -1.68. The van der Waals surface area contributed by atoms with E-state index in [0.717, 1.165) is 16.7 Å². The van der Waals surface area contributed by atoms with Crippen molar-refractivity contribution in [1.82, 2.24) is 15.3 Å². The monoisotopic (exact) mass is 485 g/mol. The van der Waals surface area contributed by atoms with Crippen molar-refractivity contribution >= 4 is 40.4 Å². The zero-order valence-corrected chi connectivity index (χ0v) is 18.3. The number of aryl methyl sites for hydroxylation is 3. The van der Waals surface area contributed by atoms with Crippen LogP contribution < -0.4 is 5.32 Å². The second-order valence-electron chi connectivity index (χ2n) is 7.86. The molecular weight excluding hydrogens is 461 g/mol. The van der Waals surface area contributed by atoms with Crippen LogP contribution in [0.2, 0.25) is 0 Å². The van der Waals surface area contributed by atoms with Crippen LogP contribution in [-0.4, -0.2) is 50.0 Å². The topological polar surface area (TPSA) is 79.0 Å². The summed E-state index contributed by atoms with van der Waals surface area (Å²) in [5.41, 5.74) is 2.93. The first-order valence-electron chi connectivity index (χ1n) is 8.86. The van der Waals surface area contributed by atoms with Gasteiger partial charge in [-0.2, -0.15) is 0 Å². The Kier molecular flexibility index (Phi) is 5.24. The fourth-order valence-electron chi connectivity index (χ4n) is 3.76. The van der Waals surface area contributed by atoms with Crippen LogP contribution in [0.4, 0.5) is 4.79 Å². The molecular formula is C19H24IN3O4. The Labute approximate surface area is 172 Å². The smallest absolute Gasteiger partial charge is 0.294 e. The molecule has 1 aromatic rings. The summed E-state index contributed by atoms with van der Waals surface area (Å²) in [4.78, 5) is 44.6. The number of alkyl halides is 1. The second kappa shape index (κ2) is 7.05. The molecule has 0 spiro atoms. The SMILES string of the molecule is Cc1cc(C)c(C(=O)N2OC(N3CC(I)C(=O)NC3=O)CC2(C)C)c(C)c1. The summed E-state index contributed by atoms with van der Waals surface area (Å²) in [7, 11) is 0. The predicted molar refractivity (Wildman–Crippen MR) is 108 cm³/mol. The third-order valence-electron chi connectivity index (χ3n) is 5.01. The molecule has 27 heavy (non-hydrogen) atoms. The number of amides is 4. The van der Waals surface area contributed by atoms with E-state index in [1.807, 2.05) is 69.3 Å². The van der Waals surface area contributed by atoms with Crippen LogP contribution >= 0.6 is 22.6 Å². The van der Waals surface area contributed by atoms with E-state index in [-0.39, 0.29) is 22.3 Å². The maximum atomic E-state index is 13.3. The minimum absolute atomic E-state index is 0.211. The maximum absolute atomic E-state index is 13.3. The minimum Gasteiger partial charge on any atom is -0.294 e. The van der Waals surface area contributed by atoms with Crippen LogP contribution in [0.25, 0.3) is 0 Å². The Balaban J connectivity index is 1.86. The highest BCUT2D eigenvalue weighted by atomic mass is 127. The highest BCUT2D eigenvalue weighted by Crippen LogP contribution is 2.36. The van der Waals surface area contributed by atoms with Crippen LogP contribution in [0.5, 0.6) is 0 Å². The summed E-state index contributed by atoms with van der Waals surface area (Å²) < 4.78 is -0.349. The van der Waals surface area contributed by atoms with E-state index in [1.54, 1.807) is 0 Å². The second-order valence-corrected chi connectivity index (χ2v) is 9.37. The number of hydrogen-bond acceptors (Lipinski definition) is 4. The number of halogens is 1. The van der Waals surface area contributed by atoms with E-state index < -0.39 is 17.8 Å². The van der Waals surface area contributed by atoms with Gasteiger partial charge in [0.2, 0.25) is 5.91 Å². The van der Waals surface area contributed by atoms with Gasteiger partial charge in [0.05, 0.1) is 5.54 Å². The quantitative estimate of drug-likeness (QED) is 0.517. The molecule has 1 N–H and O–H groups in total. The molecule has 146 valence electrons. The summed E-state index contributed by atoms with van der Waals surface area (Å²) in [6, 6.07) is 3.47. The minimum atomic E-state index is -0.597. The molecule has 0 bridgehead atoms. The molecule has 0 radical (unpaired) electrons. The molecule has 0 saturated carbocycles. The zero-order chi connectivity index (χ0) is 20.1. The van der Waals surface area contributed by atoms with Crippen molar-refractivity contribution in [1.29, 1.82) is 0 Å². The molecule has 2 unspecified atom stereocenters. The fraction of sp³-hybridized carbons (Fsp3) is 0.526. The van der Waals surface area contributed by atoms with Crippen molar-refractivity contribution in [2.24, 2.45) is 0 Å². The summed E-state index contributed by atoms with van der Waals surface area (Å²) >= 11 is 2.00. The lowest BCUT2D eigenvalue weighted by Gasteiger charge is -2.33. The molecule has 1 aromatic carbocycles. The number of carbonyl (C=O) groups excluding carboxylic acids is 3. The van der Waals surface area contributed by atoms with Crippen molar-refractivity contribution in [3.05, 3.63) is 34.4 Å². The standard InChI is InChI=1S/C19H24IN3O4/c1-10-6-11(2)15(12(3)7-10)17(25)23-19(4,5)8-14(27-23)22-9-13(20)16(24)21-18(22)26/h6-7,13-14H,8-9H2,1-5H3,(H,21,24,26). The molecule has 2 aliphatic rings. The number of imide groups is 1. The molecule has 7 nitrogen and oxygen atoms in total. The summed E-state index contributed by atoms with van der Waals surface area (Å²) in [6.07, 6.45) is -0.131. The average molecular weight is 485 g/mol. The molecule has 3 rings (SSSR count). The van der Waals surface area contributed by atoms with Crippen LogP contribution in [0.1, 0.15) is 47.3 Å².